The number of nitrogens with zero attached hydrogens (tertiary/aromatic N) is 1. The average Bonchev–Trinajstić information content (AvgIpc) is 2.26. The zero-order chi connectivity index (χ0) is 11.5. The molecule has 1 saturated heterocycles. The van der Waals surface area contributed by atoms with Gasteiger partial charge in [0.2, 0.25) is 5.91 Å². The number of carbonyl (C=O) groups excluding carboxylic acids is 1. The van der Waals surface area contributed by atoms with Crippen LogP contribution < -0.4 is 9.64 Å². The normalized spacial score (nSPS) is 14.6. The first kappa shape index (κ1) is 10.7. The van der Waals surface area contributed by atoms with Crippen LogP contribution in [0.5, 0.6) is 5.75 Å². The van der Waals surface area contributed by atoms with Crippen molar-refractivity contribution in [3.8, 4) is 5.75 Å². The van der Waals surface area contributed by atoms with Crippen molar-refractivity contribution in [2.75, 3.05) is 18.1 Å². The highest BCUT2D eigenvalue weighted by Crippen LogP contribution is 2.24. The molecule has 3 nitrogen and oxygen atoms in total. The Bertz CT molecular complexity index is 408. The standard InChI is InChI=1S/C13H15NO2/c1-10(2)9-16-12-5-3-11(4-6-12)14-8-7-13(14)15/h3-6H,1,7-9H2,2H3. The number of β-lactam (4-membered cyclic amide) rings is 1. The maximum Gasteiger partial charge on any atom is 0.228 e. The van der Waals surface area contributed by atoms with E-state index in [-0.39, 0.29) is 5.91 Å². The fourth-order valence-corrected chi connectivity index (χ4v) is 1.52. The van der Waals surface area contributed by atoms with Crippen molar-refractivity contribution < 1.29 is 9.53 Å². The van der Waals surface area contributed by atoms with Crippen molar-refractivity contribution in [1.82, 2.24) is 0 Å². The molecule has 0 atom stereocenters. The highest BCUT2D eigenvalue weighted by molar-refractivity contribution is 5.99. The summed E-state index contributed by atoms with van der Waals surface area (Å²) in [5.41, 5.74) is 1.93. The number of carbonyl (C=O) groups is 1. The van der Waals surface area contributed by atoms with E-state index in [0.717, 1.165) is 23.6 Å². The van der Waals surface area contributed by atoms with E-state index in [9.17, 15) is 4.79 Å². The molecule has 84 valence electrons. The number of benzene rings is 1. The van der Waals surface area contributed by atoms with Crippen LogP contribution in [0.1, 0.15) is 13.3 Å². The lowest BCUT2D eigenvalue weighted by Crippen LogP contribution is -2.43. The maximum atomic E-state index is 11.2. The van der Waals surface area contributed by atoms with Crippen LogP contribution in [0.25, 0.3) is 0 Å². The zero-order valence-corrected chi connectivity index (χ0v) is 9.40. The smallest absolute Gasteiger partial charge is 0.228 e. The van der Waals surface area contributed by atoms with Gasteiger partial charge in [-0.15, -0.1) is 0 Å². The molecule has 1 aromatic carbocycles. The van der Waals surface area contributed by atoms with Crippen LogP contribution >= 0.6 is 0 Å². The van der Waals surface area contributed by atoms with Gasteiger partial charge in [0.25, 0.3) is 0 Å². The lowest BCUT2D eigenvalue weighted by atomic mass is 10.1. The number of hydrogen-bond acceptors (Lipinski definition) is 2. The van der Waals surface area contributed by atoms with Gasteiger partial charge in [0.05, 0.1) is 0 Å². The van der Waals surface area contributed by atoms with Gasteiger partial charge in [-0.1, -0.05) is 6.58 Å². The maximum absolute atomic E-state index is 11.2. The molecule has 2 rings (SSSR count). The highest BCUT2D eigenvalue weighted by Gasteiger charge is 2.24. The van der Waals surface area contributed by atoms with E-state index in [0.29, 0.717) is 13.0 Å². The summed E-state index contributed by atoms with van der Waals surface area (Å²) in [4.78, 5) is 13.0. The van der Waals surface area contributed by atoms with E-state index in [1.54, 1.807) is 4.90 Å². The molecule has 1 aliphatic rings. The van der Waals surface area contributed by atoms with E-state index in [1.165, 1.54) is 0 Å². The molecule has 1 heterocycles. The van der Waals surface area contributed by atoms with Crippen molar-refractivity contribution in [1.29, 1.82) is 0 Å². The molecule has 16 heavy (non-hydrogen) atoms. The lowest BCUT2D eigenvalue weighted by Gasteiger charge is -2.30. The van der Waals surface area contributed by atoms with Gasteiger partial charge in [-0.3, -0.25) is 4.79 Å². The summed E-state index contributed by atoms with van der Waals surface area (Å²) in [6, 6.07) is 7.57. The van der Waals surface area contributed by atoms with Crippen LogP contribution in [0.3, 0.4) is 0 Å². The second-order valence-corrected chi connectivity index (χ2v) is 4.04. The number of amides is 1. The third-order valence-corrected chi connectivity index (χ3v) is 2.48. The monoisotopic (exact) mass is 217 g/mol. The Morgan fingerprint density at radius 3 is 2.56 bits per heavy atom. The van der Waals surface area contributed by atoms with Gasteiger partial charge in [0.15, 0.2) is 0 Å². The molecule has 1 fully saturated rings. The Balaban J connectivity index is 1.99. The minimum atomic E-state index is 0.190. The fraction of sp³-hybridized carbons (Fsp3) is 0.308. The van der Waals surface area contributed by atoms with E-state index in [1.807, 2.05) is 31.2 Å². The number of anilines is 1. The summed E-state index contributed by atoms with van der Waals surface area (Å²) in [5.74, 6) is 0.996. The van der Waals surface area contributed by atoms with E-state index < -0.39 is 0 Å². The molecule has 1 aliphatic heterocycles. The van der Waals surface area contributed by atoms with Crippen LogP contribution in [0.4, 0.5) is 5.69 Å². The Morgan fingerprint density at radius 1 is 1.44 bits per heavy atom. The predicted octanol–water partition coefficient (Wildman–Crippen LogP) is 2.38. The predicted molar refractivity (Wildman–Crippen MR) is 63.7 cm³/mol. The molecule has 0 saturated carbocycles. The van der Waals surface area contributed by atoms with Crippen LogP contribution in [0, 0.1) is 0 Å². The summed E-state index contributed by atoms with van der Waals surface area (Å²) in [6.07, 6.45) is 0.661. The summed E-state index contributed by atoms with van der Waals surface area (Å²) in [6.45, 7) is 7.05. The minimum Gasteiger partial charge on any atom is -0.489 e. The third-order valence-electron chi connectivity index (χ3n) is 2.48. The molecule has 0 bridgehead atoms. The Hall–Kier alpha value is -1.77. The first-order valence-corrected chi connectivity index (χ1v) is 5.34. The minimum absolute atomic E-state index is 0.190. The summed E-state index contributed by atoms with van der Waals surface area (Å²) < 4.78 is 5.48. The first-order chi connectivity index (χ1) is 7.66. The van der Waals surface area contributed by atoms with Crippen LogP contribution in [-0.4, -0.2) is 19.1 Å². The number of rotatable bonds is 4. The van der Waals surface area contributed by atoms with E-state index >= 15 is 0 Å². The topological polar surface area (TPSA) is 29.5 Å². The van der Waals surface area contributed by atoms with Crippen molar-refractivity contribution >= 4 is 11.6 Å². The summed E-state index contributed by atoms with van der Waals surface area (Å²) in [7, 11) is 0. The third kappa shape index (κ3) is 2.24. The van der Waals surface area contributed by atoms with E-state index in [4.69, 9.17) is 4.74 Å². The van der Waals surface area contributed by atoms with Crippen molar-refractivity contribution in [3.05, 3.63) is 36.4 Å². The van der Waals surface area contributed by atoms with Gasteiger partial charge in [0, 0.05) is 18.7 Å². The van der Waals surface area contributed by atoms with Crippen LogP contribution in [-0.2, 0) is 4.79 Å². The summed E-state index contributed by atoms with van der Waals surface area (Å²) >= 11 is 0. The molecule has 0 N–H and O–H groups in total. The van der Waals surface area contributed by atoms with Crippen molar-refractivity contribution in [2.45, 2.75) is 13.3 Å². The highest BCUT2D eigenvalue weighted by atomic mass is 16.5. The molecule has 1 amide bonds. The quantitative estimate of drug-likeness (QED) is 0.572. The number of hydrogen-bond donors (Lipinski definition) is 0. The molecular formula is C13H15NO2. The van der Waals surface area contributed by atoms with E-state index in [2.05, 4.69) is 6.58 Å². The second-order valence-electron chi connectivity index (χ2n) is 4.04. The molecule has 1 aromatic rings. The average molecular weight is 217 g/mol. The number of ether oxygens (including phenoxy) is 1. The Morgan fingerprint density at radius 2 is 2.12 bits per heavy atom. The van der Waals surface area contributed by atoms with Gasteiger partial charge >= 0.3 is 0 Å². The molecule has 0 spiro atoms. The van der Waals surface area contributed by atoms with Crippen LogP contribution in [0.15, 0.2) is 36.4 Å². The van der Waals surface area contributed by atoms with Gasteiger partial charge in [-0.2, -0.15) is 0 Å². The first-order valence-electron chi connectivity index (χ1n) is 5.34. The van der Waals surface area contributed by atoms with Crippen molar-refractivity contribution in [2.24, 2.45) is 0 Å². The fourth-order valence-electron chi connectivity index (χ4n) is 1.52. The largest absolute Gasteiger partial charge is 0.489 e. The zero-order valence-electron chi connectivity index (χ0n) is 9.40. The molecular weight excluding hydrogens is 202 g/mol. The molecule has 0 unspecified atom stereocenters. The Labute approximate surface area is 95.3 Å². The van der Waals surface area contributed by atoms with Gasteiger partial charge in [-0.05, 0) is 36.8 Å². The second kappa shape index (κ2) is 4.39. The molecule has 3 heteroatoms. The van der Waals surface area contributed by atoms with Crippen LogP contribution in [0.2, 0.25) is 0 Å². The molecule has 0 aliphatic carbocycles. The Kier molecular flexibility index (Phi) is 2.95. The SMILES string of the molecule is C=C(C)COc1ccc(N2CCC2=O)cc1. The van der Waals surface area contributed by atoms with Crippen molar-refractivity contribution in [3.63, 3.8) is 0 Å². The lowest BCUT2D eigenvalue weighted by molar-refractivity contribution is -0.122. The van der Waals surface area contributed by atoms with Gasteiger partial charge in [-0.25, -0.2) is 0 Å². The van der Waals surface area contributed by atoms with Gasteiger partial charge < -0.3 is 9.64 Å². The summed E-state index contributed by atoms with van der Waals surface area (Å²) in [5, 5.41) is 0. The molecule has 0 radical (unpaired) electrons. The van der Waals surface area contributed by atoms with Gasteiger partial charge in [0.1, 0.15) is 12.4 Å². The molecule has 0 aromatic heterocycles.